The van der Waals surface area contributed by atoms with Gasteiger partial charge in [-0.2, -0.15) is 0 Å². The number of aliphatic hydroxyl groups is 1. The van der Waals surface area contributed by atoms with Gasteiger partial charge in [-0.1, -0.05) is 18.2 Å². The molecule has 0 atom stereocenters. The van der Waals surface area contributed by atoms with E-state index in [4.69, 9.17) is 9.52 Å². The zero-order chi connectivity index (χ0) is 13.3. The highest BCUT2D eigenvalue weighted by Gasteiger charge is 2.24. The van der Waals surface area contributed by atoms with Gasteiger partial charge in [-0.3, -0.25) is 4.79 Å². The molecule has 2 rings (SSSR count). The van der Waals surface area contributed by atoms with Gasteiger partial charge >= 0.3 is 0 Å². The number of furan rings is 1. The van der Waals surface area contributed by atoms with Crippen LogP contribution in [0.1, 0.15) is 30.0 Å². The molecule has 0 radical (unpaired) electrons. The van der Waals surface area contributed by atoms with Crippen molar-refractivity contribution in [3.05, 3.63) is 35.6 Å². The Hall–Kier alpha value is -1.81. The van der Waals surface area contributed by atoms with Gasteiger partial charge in [-0.25, -0.2) is 0 Å². The van der Waals surface area contributed by atoms with E-state index in [-0.39, 0.29) is 12.5 Å². The monoisotopic (exact) mass is 247 g/mol. The molecule has 0 aliphatic heterocycles. The van der Waals surface area contributed by atoms with Crippen LogP contribution in [0.5, 0.6) is 0 Å². The number of carbonyl (C=O) groups excluding carboxylic acids is 1. The molecule has 4 nitrogen and oxygen atoms in total. The Kier molecular flexibility index (Phi) is 3.13. The van der Waals surface area contributed by atoms with Crippen LogP contribution in [0, 0.1) is 6.92 Å². The minimum Gasteiger partial charge on any atom is -0.451 e. The van der Waals surface area contributed by atoms with Gasteiger partial charge in [0.15, 0.2) is 5.76 Å². The quantitative estimate of drug-likeness (QED) is 0.874. The van der Waals surface area contributed by atoms with E-state index in [0.29, 0.717) is 11.3 Å². The summed E-state index contributed by atoms with van der Waals surface area (Å²) in [6.45, 7) is 5.23. The van der Waals surface area contributed by atoms with Crippen molar-refractivity contribution in [1.82, 2.24) is 5.32 Å². The van der Waals surface area contributed by atoms with E-state index < -0.39 is 5.54 Å². The second-order valence-corrected chi connectivity index (χ2v) is 5.05. The number of aryl methyl sites for hydroxylation is 1. The van der Waals surface area contributed by atoms with Crippen LogP contribution in [0.3, 0.4) is 0 Å². The number of hydrogen-bond donors (Lipinski definition) is 2. The van der Waals surface area contributed by atoms with E-state index in [1.54, 1.807) is 13.8 Å². The third kappa shape index (κ3) is 2.24. The van der Waals surface area contributed by atoms with Gasteiger partial charge in [-0.15, -0.1) is 0 Å². The van der Waals surface area contributed by atoms with Gasteiger partial charge < -0.3 is 14.8 Å². The first-order chi connectivity index (χ1) is 8.44. The number of rotatable bonds is 3. The number of para-hydroxylation sites is 1. The summed E-state index contributed by atoms with van der Waals surface area (Å²) in [6, 6.07) is 7.52. The number of benzene rings is 1. The molecule has 18 heavy (non-hydrogen) atoms. The summed E-state index contributed by atoms with van der Waals surface area (Å²) < 4.78 is 5.56. The molecule has 0 aliphatic rings. The lowest BCUT2D eigenvalue weighted by Crippen LogP contribution is -2.46. The van der Waals surface area contributed by atoms with Crippen LogP contribution in [0.2, 0.25) is 0 Å². The van der Waals surface area contributed by atoms with Crippen molar-refractivity contribution in [3.8, 4) is 0 Å². The number of nitrogens with one attached hydrogen (secondary N) is 1. The smallest absolute Gasteiger partial charge is 0.287 e. The van der Waals surface area contributed by atoms with E-state index in [1.165, 1.54) is 0 Å². The fraction of sp³-hybridized carbons (Fsp3) is 0.357. The summed E-state index contributed by atoms with van der Waals surface area (Å²) in [5.41, 5.74) is 0.849. The number of hydrogen-bond acceptors (Lipinski definition) is 3. The van der Waals surface area contributed by atoms with E-state index in [9.17, 15) is 4.79 Å². The van der Waals surface area contributed by atoms with Crippen LogP contribution < -0.4 is 5.32 Å². The van der Waals surface area contributed by atoms with Crippen molar-refractivity contribution in [2.45, 2.75) is 26.3 Å². The van der Waals surface area contributed by atoms with Crippen molar-refractivity contribution >= 4 is 16.9 Å². The van der Waals surface area contributed by atoms with Crippen molar-refractivity contribution in [2.75, 3.05) is 6.61 Å². The summed E-state index contributed by atoms with van der Waals surface area (Å²) >= 11 is 0. The Bertz CT molecular complexity index is 584. The summed E-state index contributed by atoms with van der Waals surface area (Å²) in [5.74, 6) is 0.000440. The van der Waals surface area contributed by atoms with Gasteiger partial charge in [0.2, 0.25) is 0 Å². The van der Waals surface area contributed by atoms with Crippen LogP contribution in [-0.2, 0) is 0 Å². The molecule has 1 aromatic carbocycles. The maximum absolute atomic E-state index is 12.1. The molecule has 2 N–H and O–H groups in total. The first kappa shape index (κ1) is 12.6. The topological polar surface area (TPSA) is 62.5 Å². The maximum atomic E-state index is 12.1. The lowest BCUT2D eigenvalue weighted by Gasteiger charge is -2.22. The van der Waals surface area contributed by atoms with Crippen LogP contribution in [0.4, 0.5) is 0 Å². The number of carbonyl (C=O) groups is 1. The SMILES string of the molecule is Cc1c(C(=O)NC(C)(C)CO)oc2ccccc12. The Morgan fingerprint density at radius 1 is 1.39 bits per heavy atom. The predicted molar refractivity (Wildman–Crippen MR) is 69.6 cm³/mol. The fourth-order valence-electron chi connectivity index (χ4n) is 1.79. The first-order valence-corrected chi connectivity index (χ1v) is 5.86. The molecular weight excluding hydrogens is 230 g/mol. The summed E-state index contributed by atoms with van der Waals surface area (Å²) in [6.07, 6.45) is 0. The Labute approximate surface area is 106 Å². The van der Waals surface area contributed by atoms with Gasteiger partial charge in [0.1, 0.15) is 5.58 Å². The van der Waals surface area contributed by atoms with E-state index in [0.717, 1.165) is 10.9 Å². The Morgan fingerprint density at radius 2 is 2.06 bits per heavy atom. The standard InChI is InChI=1S/C14H17NO3/c1-9-10-6-4-5-7-11(10)18-12(9)13(17)15-14(2,3)8-16/h4-7,16H,8H2,1-3H3,(H,15,17). The number of fused-ring (bicyclic) bond motifs is 1. The highest BCUT2D eigenvalue weighted by atomic mass is 16.3. The Morgan fingerprint density at radius 3 is 2.67 bits per heavy atom. The molecule has 1 amide bonds. The van der Waals surface area contributed by atoms with E-state index in [2.05, 4.69) is 5.32 Å². The Balaban J connectivity index is 2.37. The molecule has 0 saturated carbocycles. The molecular formula is C14H17NO3. The molecule has 0 spiro atoms. The maximum Gasteiger partial charge on any atom is 0.287 e. The molecule has 0 fully saturated rings. The van der Waals surface area contributed by atoms with E-state index >= 15 is 0 Å². The van der Waals surface area contributed by atoms with Gasteiger partial charge in [0.05, 0.1) is 12.1 Å². The molecule has 0 aliphatic carbocycles. The molecule has 4 heteroatoms. The van der Waals surface area contributed by atoms with Gasteiger partial charge in [0.25, 0.3) is 5.91 Å². The third-order valence-electron chi connectivity index (χ3n) is 2.90. The van der Waals surface area contributed by atoms with Crippen LogP contribution in [0.15, 0.2) is 28.7 Å². The average molecular weight is 247 g/mol. The molecule has 2 aromatic rings. The molecule has 0 unspecified atom stereocenters. The largest absolute Gasteiger partial charge is 0.451 e. The average Bonchev–Trinajstić information content (AvgIpc) is 2.67. The third-order valence-corrected chi connectivity index (χ3v) is 2.90. The van der Waals surface area contributed by atoms with Crippen molar-refractivity contribution < 1.29 is 14.3 Å². The van der Waals surface area contributed by atoms with Crippen molar-refractivity contribution in [1.29, 1.82) is 0 Å². The van der Waals surface area contributed by atoms with Gasteiger partial charge in [0, 0.05) is 10.9 Å². The van der Waals surface area contributed by atoms with Crippen molar-refractivity contribution in [3.63, 3.8) is 0 Å². The zero-order valence-corrected chi connectivity index (χ0v) is 10.8. The fourth-order valence-corrected chi connectivity index (χ4v) is 1.79. The highest BCUT2D eigenvalue weighted by Crippen LogP contribution is 2.25. The zero-order valence-electron chi connectivity index (χ0n) is 10.8. The minimum atomic E-state index is -0.664. The van der Waals surface area contributed by atoms with Crippen LogP contribution >= 0.6 is 0 Å². The van der Waals surface area contributed by atoms with Crippen molar-refractivity contribution in [2.24, 2.45) is 0 Å². The predicted octanol–water partition coefficient (Wildman–Crippen LogP) is 2.24. The molecule has 96 valence electrons. The first-order valence-electron chi connectivity index (χ1n) is 5.86. The minimum absolute atomic E-state index is 0.127. The number of aliphatic hydroxyl groups excluding tert-OH is 1. The summed E-state index contributed by atoms with van der Waals surface area (Å²) in [7, 11) is 0. The second kappa shape index (κ2) is 4.46. The van der Waals surface area contributed by atoms with Gasteiger partial charge in [-0.05, 0) is 26.8 Å². The molecule has 1 aromatic heterocycles. The molecule has 0 bridgehead atoms. The number of amides is 1. The summed E-state index contributed by atoms with van der Waals surface area (Å²) in [5, 5.41) is 12.8. The molecule has 1 heterocycles. The van der Waals surface area contributed by atoms with Crippen LogP contribution in [-0.4, -0.2) is 23.2 Å². The lowest BCUT2D eigenvalue weighted by atomic mass is 10.1. The summed E-state index contributed by atoms with van der Waals surface area (Å²) in [4.78, 5) is 12.1. The lowest BCUT2D eigenvalue weighted by molar-refractivity contribution is 0.0842. The van der Waals surface area contributed by atoms with E-state index in [1.807, 2.05) is 31.2 Å². The highest BCUT2D eigenvalue weighted by molar-refractivity contribution is 5.99. The normalized spacial score (nSPS) is 11.8. The second-order valence-electron chi connectivity index (χ2n) is 5.05. The molecule has 0 saturated heterocycles. The van der Waals surface area contributed by atoms with Crippen LogP contribution in [0.25, 0.3) is 11.0 Å².